The molecule has 3 atom stereocenters. The van der Waals surface area contributed by atoms with Gasteiger partial charge in [-0.15, -0.1) is 6.58 Å². The Balaban J connectivity index is 1.65. The van der Waals surface area contributed by atoms with Crippen molar-refractivity contribution in [3.05, 3.63) is 95.3 Å². The number of aliphatic carboxylic acids is 1. The number of aliphatic hydroxyl groups is 1. The second-order valence-electron chi connectivity index (χ2n) is 10.6. The number of rotatable bonds is 10. The summed E-state index contributed by atoms with van der Waals surface area (Å²) in [7, 11) is 1.53. The van der Waals surface area contributed by atoms with E-state index in [1.165, 1.54) is 13.2 Å². The highest BCUT2D eigenvalue weighted by Crippen LogP contribution is 2.42. The summed E-state index contributed by atoms with van der Waals surface area (Å²) < 4.78 is 26.3. The Bertz CT molecular complexity index is 1350. The van der Waals surface area contributed by atoms with Gasteiger partial charge in [0.1, 0.15) is 23.9 Å². The number of halogens is 1. The van der Waals surface area contributed by atoms with Crippen molar-refractivity contribution in [2.45, 2.75) is 52.2 Å². The van der Waals surface area contributed by atoms with E-state index >= 15 is 0 Å². The van der Waals surface area contributed by atoms with E-state index in [0.717, 1.165) is 29.5 Å². The number of carbonyl (C=O) groups is 1. The van der Waals surface area contributed by atoms with Gasteiger partial charge in [0.05, 0.1) is 19.1 Å². The van der Waals surface area contributed by atoms with Gasteiger partial charge in [0.25, 0.3) is 0 Å². The van der Waals surface area contributed by atoms with E-state index in [-0.39, 0.29) is 12.5 Å². The molecule has 0 bridgehead atoms. The van der Waals surface area contributed by atoms with Gasteiger partial charge in [-0.1, -0.05) is 45.0 Å². The maximum atomic E-state index is 14.9. The molecule has 3 aromatic carbocycles. The summed E-state index contributed by atoms with van der Waals surface area (Å²) in [5.74, 6) is -0.536. The predicted octanol–water partition coefficient (Wildman–Crippen LogP) is 7.08. The molecule has 3 aromatic rings. The van der Waals surface area contributed by atoms with Crippen molar-refractivity contribution in [2.75, 3.05) is 7.11 Å². The zero-order chi connectivity index (χ0) is 27.6. The standard InChI is InChI=1S/C32H35FO5/c1-6-32(3,4)30(34)28-15-20(7-12-25(28)27-16-22(37-5)11-14-29(27)33)18-38-23-10-8-21-9-13-24(26(21)17-23)19(2)31(35)36/h6-8,10-12,14-17,19,24,30,34H,1,9,13,18H2,2-5H3,(H,35,36)/t19-,24?,30+/m0/s1. The van der Waals surface area contributed by atoms with Gasteiger partial charge >= 0.3 is 5.97 Å². The summed E-state index contributed by atoms with van der Waals surface area (Å²) in [6, 6.07) is 15.9. The second kappa shape index (κ2) is 11.0. The van der Waals surface area contributed by atoms with Crippen LogP contribution in [0.2, 0.25) is 0 Å². The number of hydrogen-bond acceptors (Lipinski definition) is 4. The minimum atomic E-state index is -0.946. The molecule has 0 amide bonds. The highest BCUT2D eigenvalue weighted by Gasteiger charge is 2.32. The molecule has 38 heavy (non-hydrogen) atoms. The summed E-state index contributed by atoms with van der Waals surface area (Å²) in [4.78, 5) is 11.6. The quantitative estimate of drug-likeness (QED) is 0.281. The Kier molecular flexibility index (Phi) is 7.93. The molecule has 6 heteroatoms. The van der Waals surface area contributed by atoms with Crippen molar-refractivity contribution in [2.24, 2.45) is 11.3 Å². The summed E-state index contributed by atoms with van der Waals surface area (Å²) in [5.41, 5.74) is 3.80. The Morgan fingerprint density at radius 2 is 1.87 bits per heavy atom. The maximum absolute atomic E-state index is 14.9. The van der Waals surface area contributed by atoms with Crippen molar-refractivity contribution in [3.63, 3.8) is 0 Å². The molecule has 2 N–H and O–H groups in total. The molecular formula is C32H35FO5. The topological polar surface area (TPSA) is 76.0 Å². The van der Waals surface area contributed by atoms with Crippen molar-refractivity contribution in [3.8, 4) is 22.6 Å². The zero-order valence-corrected chi connectivity index (χ0v) is 22.3. The van der Waals surface area contributed by atoms with Gasteiger partial charge in [-0.2, -0.15) is 0 Å². The minimum Gasteiger partial charge on any atom is -0.497 e. The number of aliphatic hydroxyl groups excluding tert-OH is 1. The van der Waals surface area contributed by atoms with Crippen molar-refractivity contribution in [1.29, 1.82) is 0 Å². The molecule has 1 aliphatic rings. The van der Waals surface area contributed by atoms with E-state index in [1.54, 1.807) is 31.2 Å². The fourth-order valence-electron chi connectivity index (χ4n) is 5.08. The molecule has 200 valence electrons. The lowest BCUT2D eigenvalue weighted by molar-refractivity contribution is -0.141. The van der Waals surface area contributed by atoms with E-state index in [1.807, 2.05) is 44.2 Å². The molecule has 0 fully saturated rings. The van der Waals surface area contributed by atoms with Gasteiger partial charge < -0.3 is 19.7 Å². The van der Waals surface area contributed by atoms with Crippen molar-refractivity contribution < 1.29 is 28.9 Å². The first kappa shape index (κ1) is 27.4. The molecule has 0 saturated heterocycles. The monoisotopic (exact) mass is 518 g/mol. The largest absolute Gasteiger partial charge is 0.497 e. The minimum absolute atomic E-state index is 0.0361. The number of ether oxygens (including phenoxy) is 2. The first-order chi connectivity index (χ1) is 18.1. The number of methoxy groups -OCH3 is 1. The second-order valence-corrected chi connectivity index (χ2v) is 10.6. The van der Waals surface area contributed by atoms with Gasteiger partial charge in [-0.25, -0.2) is 4.39 Å². The van der Waals surface area contributed by atoms with Crippen LogP contribution in [0, 0.1) is 17.2 Å². The number of aryl methyl sites for hydroxylation is 1. The van der Waals surface area contributed by atoms with Crippen molar-refractivity contribution >= 4 is 5.97 Å². The Hall–Kier alpha value is -3.64. The van der Waals surface area contributed by atoms with Crippen LogP contribution < -0.4 is 9.47 Å². The van der Waals surface area contributed by atoms with Crippen LogP contribution in [-0.4, -0.2) is 23.3 Å². The van der Waals surface area contributed by atoms with Crippen LogP contribution in [-0.2, 0) is 17.8 Å². The number of carboxylic acid groups (broad SMARTS) is 1. The SMILES string of the molecule is C=CC(C)(C)[C@H](O)c1cc(COc2ccc3c(c2)C([C@H](C)C(=O)O)CC3)ccc1-c1cc(OC)ccc1F. The number of benzene rings is 3. The molecule has 1 unspecified atom stereocenters. The lowest BCUT2D eigenvalue weighted by Crippen LogP contribution is -2.20. The van der Waals surface area contributed by atoms with E-state index in [9.17, 15) is 19.4 Å². The Morgan fingerprint density at radius 1 is 1.13 bits per heavy atom. The highest BCUT2D eigenvalue weighted by atomic mass is 19.1. The van der Waals surface area contributed by atoms with Crippen LogP contribution in [0.4, 0.5) is 4.39 Å². The molecule has 0 radical (unpaired) electrons. The lowest BCUT2D eigenvalue weighted by Gasteiger charge is -2.29. The van der Waals surface area contributed by atoms with E-state index < -0.39 is 29.2 Å². The van der Waals surface area contributed by atoms with Gasteiger partial charge in [-0.05, 0) is 83.0 Å². The summed E-state index contributed by atoms with van der Waals surface area (Å²) in [6.07, 6.45) is 2.42. The third-order valence-corrected chi connectivity index (χ3v) is 7.75. The van der Waals surface area contributed by atoms with Crippen LogP contribution in [0.15, 0.2) is 67.3 Å². The summed E-state index contributed by atoms with van der Waals surface area (Å²) >= 11 is 0. The zero-order valence-electron chi connectivity index (χ0n) is 22.3. The van der Waals surface area contributed by atoms with Crippen LogP contribution in [0.25, 0.3) is 11.1 Å². The van der Waals surface area contributed by atoms with Crippen LogP contribution in [0.1, 0.15) is 61.5 Å². The molecule has 1 aliphatic carbocycles. The normalized spacial score (nSPS) is 16.4. The highest BCUT2D eigenvalue weighted by molar-refractivity contribution is 5.72. The molecule has 0 saturated carbocycles. The average molecular weight is 519 g/mol. The summed E-state index contributed by atoms with van der Waals surface area (Å²) in [5, 5.41) is 20.8. The van der Waals surface area contributed by atoms with E-state index in [4.69, 9.17) is 9.47 Å². The smallest absolute Gasteiger partial charge is 0.306 e. The van der Waals surface area contributed by atoms with Gasteiger partial charge in [0.15, 0.2) is 0 Å². The molecule has 0 spiro atoms. The van der Waals surface area contributed by atoms with Crippen LogP contribution >= 0.6 is 0 Å². The molecule has 0 heterocycles. The maximum Gasteiger partial charge on any atom is 0.306 e. The predicted molar refractivity (Wildman–Crippen MR) is 146 cm³/mol. The van der Waals surface area contributed by atoms with Crippen molar-refractivity contribution in [1.82, 2.24) is 0 Å². The van der Waals surface area contributed by atoms with Crippen LogP contribution in [0.3, 0.4) is 0 Å². The fourth-order valence-corrected chi connectivity index (χ4v) is 5.08. The average Bonchev–Trinajstić information content (AvgIpc) is 3.34. The first-order valence-electron chi connectivity index (χ1n) is 12.8. The van der Waals surface area contributed by atoms with E-state index in [0.29, 0.717) is 28.2 Å². The third-order valence-electron chi connectivity index (χ3n) is 7.75. The first-order valence-corrected chi connectivity index (χ1v) is 12.8. The molecule has 4 rings (SSSR count). The molecule has 5 nitrogen and oxygen atoms in total. The van der Waals surface area contributed by atoms with E-state index in [2.05, 4.69) is 6.58 Å². The lowest BCUT2D eigenvalue weighted by atomic mass is 9.79. The molecular weight excluding hydrogens is 483 g/mol. The van der Waals surface area contributed by atoms with Gasteiger partial charge in [0.2, 0.25) is 0 Å². The van der Waals surface area contributed by atoms with Gasteiger partial charge in [-0.3, -0.25) is 4.79 Å². The fraction of sp³-hybridized carbons (Fsp3) is 0.344. The Morgan fingerprint density at radius 3 is 2.55 bits per heavy atom. The number of fused-ring (bicyclic) bond motifs is 1. The molecule has 0 aromatic heterocycles. The van der Waals surface area contributed by atoms with Crippen LogP contribution in [0.5, 0.6) is 11.5 Å². The van der Waals surface area contributed by atoms with Gasteiger partial charge in [0, 0.05) is 11.0 Å². The third kappa shape index (κ3) is 5.46. The number of carboxylic acids is 1. The molecule has 0 aliphatic heterocycles. The Labute approximate surface area is 223 Å². The summed E-state index contributed by atoms with van der Waals surface area (Å²) in [6.45, 7) is 9.59. The number of hydrogen-bond donors (Lipinski definition) is 2.